The van der Waals surface area contributed by atoms with E-state index in [1.54, 1.807) is 79.7 Å². The Morgan fingerprint density at radius 2 is 1.65 bits per heavy atom. The maximum Gasteiger partial charge on any atom is 0.345 e. The number of amides is 2. The van der Waals surface area contributed by atoms with Gasteiger partial charge in [-0.3, -0.25) is 9.59 Å². The number of halogens is 1. The summed E-state index contributed by atoms with van der Waals surface area (Å²) in [6, 6.07) is 21.7. The van der Waals surface area contributed by atoms with Crippen LogP contribution in [0.4, 0.5) is 5.69 Å². The highest BCUT2D eigenvalue weighted by atomic mass is 35.5. The van der Waals surface area contributed by atoms with E-state index >= 15 is 0 Å². The Labute approximate surface area is 200 Å². The van der Waals surface area contributed by atoms with Crippen molar-refractivity contribution in [1.29, 1.82) is 5.26 Å². The van der Waals surface area contributed by atoms with Crippen molar-refractivity contribution in [3.63, 3.8) is 0 Å². The van der Waals surface area contributed by atoms with E-state index in [1.165, 1.54) is 0 Å². The Bertz CT molecular complexity index is 1280. The third kappa shape index (κ3) is 6.51. The molecule has 0 aromatic heterocycles. The summed E-state index contributed by atoms with van der Waals surface area (Å²) in [6.07, 6.45) is 0.257. The Kier molecular flexibility index (Phi) is 8.11. The minimum absolute atomic E-state index is 0.255. The van der Waals surface area contributed by atoms with E-state index in [4.69, 9.17) is 21.6 Å². The molecule has 0 saturated carbocycles. The number of nitrogens with one attached hydrogen (secondary N) is 2. The lowest BCUT2D eigenvalue weighted by Crippen LogP contribution is -2.32. The molecule has 0 fully saturated rings. The fourth-order valence-corrected chi connectivity index (χ4v) is 3.00. The number of carbonyl (C=O) groups excluding carboxylic acids is 3. The molecule has 0 atom stereocenters. The molecule has 8 nitrogen and oxygen atoms in total. The summed E-state index contributed by atoms with van der Waals surface area (Å²) in [5, 5.41) is 15.4. The second-order valence-electron chi connectivity index (χ2n) is 7.02. The van der Waals surface area contributed by atoms with Crippen molar-refractivity contribution < 1.29 is 19.1 Å². The molecule has 3 aromatic carbocycles. The Morgan fingerprint density at radius 1 is 0.971 bits per heavy atom. The molecule has 0 aliphatic carbocycles. The van der Waals surface area contributed by atoms with Gasteiger partial charge in [0.15, 0.2) is 0 Å². The van der Waals surface area contributed by atoms with Gasteiger partial charge in [0.05, 0.1) is 28.8 Å². The smallest absolute Gasteiger partial charge is 0.345 e. The topological polar surface area (TPSA) is 121 Å². The molecule has 34 heavy (non-hydrogen) atoms. The van der Waals surface area contributed by atoms with Crippen LogP contribution in [0.25, 0.3) is 0 Å². The number of benzene rings is 3. The summed E-state index contributed by atoms with van der Waals surface area (Å²) in [7, 11) is 0. The van der Waals surface area contributed by atoms with Crippen molar-refractivity contribution in [2.75, 3.05) is 5.32 Å². The number of hydrogen-bond acceptors (Lipinski definition) is 6. The SMILES string of the molecule is CC(=NNC(=O)C(=O)Nc1ccc(CC#N)cc1)c1ccc(OC(=O)c2ccccc2Cl)cc1. The molecule has 0 unspecified atom stereocenters. The Morgan fingerprint density at radius 3 is 2.29 bits per heavy atom. The van der Waals surface area contributed by atoms with E-state index in [9.17, 15) is 14.4 Å². The van der Waals surface area contributed by atoms with Crippen LogP contribution in [0, 0.1) is 11.3 Å². The molecule has 2 N–H and O–H groups in total. The summed E-state index contributed by atoms with van der Waals surface area (Å²) < 4.78 is 5.32. The number of hydrazone groups is 1. The highest BCUT2D eigenvalue weighted by Gasteiger charge is 2.14. The number of anilines is 1. The van der Waals surface area contributed by atoms with Gasteiger partial charge in [-0.2, -0.15) is 10.4 Å². The van der Waals surface area contributed by atoms with Gasteiger partial charge in [-0.25, -0.2) is 10.2 Å². The van der Waals surface area contributed by atoms with Gasteiger partial charge in [0.25, 0.3) is 0 Å². The van der Waals surface area contributed by atoms with Crippen LogP contribution in [0.1, 0.15) is 28.4 Å². The molecule has 2 amide bonds. The third-order valence-corrected chi connectivity index (χ3v) is 4.93. The van der Waals surface area contributed by atoms with Gasteiger partial charge in [-0.05, 0) is 66.6 Å². The minimum Gasteiger partial charge on any atom is -0.423 e. The Hall–Kier alpha value is -4.48. The maximum absolute atomic E-state index is 12.2. The van der Waals surface area contributed by atoms with Crippen LogP contribution in [-0.4, -0.2) is 23.5 Å². The Balaban J connectivity index is 1.55. The van der Waals surface area contributed by atoms with Crippen molar-refractivity contribution in [3.05, 3.63) is 94.5 Å². The first kappa shape index (κ1) is 24.2. The lowest BCUT2D eigenvalue weighted by Gasteiger charge is -2.07. The third-order valence-electron chi connectivity index (χ3n) is 4.60. The number of nitriles is 1. The van der Waals surface area contributed by atoms with Gasteiger partial charge in [-0.1, -0.05) is 35.9 Å². The van der Waals surface area contributed by atoms with Crippen LogP contribution in [0.5, 0.6) is 5.75 Å². The summed E-state index contributed by atoms with van der Waals surface area (Å²) in [4.78, 5) is 36.3. The number of rotatable bonds is 6. The van der Waals surface area contributed by atoms with Crippen molar-refractivity contribution in [3.8, 4) is 11.8 Å². The average Bonchev–Trinajstić information content (AvgIpc) is 2.84. The molecule has 170 valence electrons. The lowest BCUT2D eigenvalue weighted by molar-refractivity contribution is -0.136. The molecule has 0 radical (unpaired) electrons. The fourth-order valence-electron chi connectivity index (χ4n) is 2.79. The first-order valence-electron chi connectivity index (χ1n) is 10.1. The average molecular weight is 475 g/mol. The number of hydrogen-bond donors (Lipinski definition) is 2. The monoisotopic (exact) mass is 474 g/mol. The van der Waals surface area contributed by atoms with E-state index in [2.05, 4.69) is 15.8 Å². The molecular formula is C25H19ClN4O4. The number of nitrogens with zero attached hydrogens (tertiary/aromatic N) is 2. The summed E-state index contributed by atoms with van der Waals surface area (Å²) in [5.74, 6) is -2.09. The van der Waals surface area contributed by atoms with Crippen LogP contribution in [0.2, 0.25) is 5.02 Å². The van der Waals surface area contributed by atoms with E-state index in [0.29, 0.717) is 27.7 Å². The van der Waals surface area contributed by atoms with Gasteiger partial charge in [-0.15, -0.1) is 0 Å². The first-order chi connectivity index (χ1) is 16.4. The first-order valence-corrected chi connectivity index (χ1v) is 10.4. The molecule has 3 rings (SSSR count). The standard InChI is InChI=1S/C25H19ClN4O4/c1-16(29-30-24(32)23(31)28-19-10-6-17(7-11-19)14-15-27)18-8-12-20(13-9-18)34-25(33)21-4-2-3-5-22(21)26/h2-13H,14H2,1H3,(H,28,31)(H,30,32). The molecular weight excluding hydrogens is 456 g/mol. The van der Waals surface area contributed by atoms with Gasteiger partial charge in [0.2, 0.25) is 0 Å². The minimum atomic E-state index is -0.939. The van der Waals surface area contributed by atoms with Crippen molar-refractivity contribution >= 4 is 40.8 Å². The molecule has 0 saturated heterocycles. The van der Waals surface area contributed by atoms with Gasteiger partial charge in [0.1, 0.15) is 5.75 Å². The highest BCUT2D eigenvalue weighted by molar-refractivity contribution is 6.39. The lowest BCUT2D eigenvalue weighted by atomic mass is 10.1. The normalized spacial score (nSPS) is 10.7. The second kappa shape index (κ2) is 11.4. The summed E-state index contributed by atoms with van der Waals surface area (Å²) in [5.41, 5.74) is 4.76. The quantitative estimate of drug-likeness (QED) is 0.183. The zero-order valence-electron chi connectivity index (χ0n) is 18.0. The van der Waals surface area contributed by atoms with Crippen LogP contribution in [-0.2, 0) is 16.0 Å². The maximum atomic E-state index is 12.2. The van der Waals surface area contributed by atoms with E-state index in [1.807, 2.05) is 6.07 Å². The predicted molar refractivity (Wildman–Crippen MR) is 128 cm³/mol. The predicted octanol–water partition coefficient (Wildman–Crippen LogP) is 4.10. The molecule has 0 bridgehead atoms. The van der Waals surface area contributed by atoms with Gasteiger partial charge < -0.3 is 10.1 Å². The van der Waals surface area contributed by atoms with Gasteiger partial charge >= 0.3 is 17.8 Å². The van der Waals surface area contributed by atoms with Gasteiger partial charge in [0, 0.05) is 5.69 Å². The largest absolute Gasteiger partial charge is 0.423 e. The van der Waals surface area contributed by atoms with E-state index in [-0.39, 0.29) is 12.0 Å². The summed E-state index contributed by atoms with van der Waals surface area (Å²) >= 11 is 6.01. The second-order valence-corrected chi connectivity index (χ2v) is 7.43. The van der Waals surface area contributed by atoms with Crippen molar-refractivity contribution in [2.45, 2.75) is 13.3 Å². The van der Waals surface area contributed by atoms with Crippen LogP contribution >= 0.6 is 11.6 Å². The molecule has 0 spiro atoms. The molecule has 0 aliphatic heterocycles. The zero-order valence-corrected chi connectivity index (χ0v) is 18.8. The zero-order chi connectivity index (χ0) is 24.5. The van der Waals surface area contributed by atoms with Crippen LogP contribution in [0.3, 0.4) is 0 Å². The highest BCUT2D eigenvalue weighted by Crippen LogP contribution is 2.19. The number of esters is 1. The molecule has 0 aliphatic rings. The van der Waals surface area contributed by atoms with Crippen molar-refractivity contribution in [1.82, 2.24) is 5.43 Å². The number of ether oxygens (including phenoxy) is 1. The van der Waals surface area contributed by atoms with Crippen LogP contribution < -0.4 is 15.5 Å². The van der Waals surface area contributed by atoms with E-state index < -0.39 is 17.8 Å². The molecule has 3 aromatic rings. The van der Waals surface area contributed by atoms with Crippen LogP contribution in [0.15, 0.2) is 77.9 Å². The fraction of sp³-hybridized carbons (Fsp3) is 0.0800. The number of carbonyl (C=O) groups is 3. The molecule has 9 heteroatoms. The van der Waals surface area contributed by atoms with Crippen molar-refractivity contribution in [2.24, 2.45) is 5.10 Å². The molecule has 0 heterocycles. The van der Waals surface area contributed by atoms with E-state index in [0.717, 1.165) is 5.56 Å². The summed E-state index contributed by atoms with van der Waals surface area (Å²) in [6.45, 7) is 1.65.